The van der Waals surface area contributed by atoms with Gasteiger partial charge in [-0.05, 0) is 31.2 Å². The second-order valence-corrected chi connectivity index (χ2v) is 7.80. The van der Waals surface area contributed by atoms with E-state index in [-0.39, 0.29) is 12.1 Å². The molecule has 0 bridgehead atoms. The van der Waals surface area contributed by atoms with E-state index in [1.807, 2.05) is 11.0 Å². The second kappa shape index (κ2) is 7.06. The summed E-state index contributed by atoms with van der Waals surface area (Å²) in [6.07, 6.45) is 6.36. The Morgan fingerprint density at radius 1 is 1.46 bits per heavy atom. The maximum atomic E-state index is 12.8. The molecule has 4 heteroatoms. The van der Waals surface area contributed by atoms with Crippen LogP contribution in [-0.4, -0.2) is 28.4 Å². The Morgan fingerprint density at radius 2 is 2.21 bits per heavy atom. The molecule has 1 saturated heterocycles. The van der Waals surface area contributed by atoms with Crippen LogP contribution in [0.5, 0.6) is 0 Å². The molecule has 3 rings (SSSR count). The molecule has 2 aliphatic rings. The minimum Gasteiger partial charge on any atom is -0.441 e. The number of carbonyl (C=O) groups excluding carboxylic acids is 1. The normalized spacial score (nSPS) is 27.8. The molecule has 2 heterocycles. The molecular formula is C20H25NO2S. The van der Waals surface area contributed by atoms with Gasteiger partial charge in [-0.1, -0.05) is 42.0 Å². The van der Waals surface area contributed by atoms with Crippen molar-refractivity contribution >= 4 is 17.9 Å². The Balaban J connectivity index is 1.75. The zero-order valence-corrected chi connectivity index (χ0v) is 15.2. The van der Waals surface area contributed by atoms with Crippen LogP contribution in [0.4, 0.5) is 4.79 Å². The molecule has 24 heavy (non-hydrogen) atoms. The predicted molar refractivity (Wildman–Crippen MR) is 100 cm³/mol. The molecule has 2 aliphatic heterocycles. The molecule has 1 aromatic rings. The van der Waals surface area contributed by atoms with Crippen molar-refractivity contribution in [3.05, 3.63) is 59.5 Å². The Kier molecular flexibility index (Phi) is 5.04. The summed E-state index contributed by atoms with van der Waals surface area (Å²) in [7, 11) is 0. The van der Waals surface area contributed by atoms with E-state index in [1.165, 1.54) is 5.56 Å². The molecule has 0 saturated carbocycles. The van der Waals surface area contributed by atoms with Crippen LogP contribution < -0.4 is 0 Å². The molecule has 0 aliphatic carbocycles. The lowest BCUT2D eigenvalue weighted by Gasteiger charge is -2.45. The molecule has 1 unspecified atom stereocenters. The second-order valence-electron chi connectivity index (χ2n) is 6.69. The van der Waals surface area contributed by atoms with Crippen LogP contribution in [0.15, 0.2) is 48.4 Å². The zero-order valence-electron chi connectivity index (χ0n) is 14.4. The van der Waals surface area contributed by atoms with E-state index < -0.39 is 5.60 Å². The lowest BCUT2D eigenvalue weighted by molar-refractivity contribution is -0.0545. The van der Waals surface area contributed by atoms with Crippen molar-refractivity contribution in [3.63, 3.8) is 0 Å². The molecule has 1 aromatic carbocycles. The third-order valence-electron chi connectivity index (χ3n) is 5.09. The molecule has 0 aromatic heterocycles. The van der Waals surface area contributed by atoms with Crippen LogP contribution in [0.3, 0.4) is 0 Å². The Labute approximate surface area is 148 Å². The van der Waals surface area contributed by atoms with Crippen molar-refractivity contribution in [1.82, 2.24) is 4.90 Å². The first-order valence-electron chi connectivity index (χ1n) is 8.53. The monoisotopic (exact) mass is 343 g/mol. The Bertz CT molecular complexity index is 632. The SMILES string of the molecule is C=CC[C@]1(C2CC=CS2)CCN([C@@H](C)c2ccc(C)cc2)C(=O)O1. The van der Waals surface area contributed by atoms with Crippen molar-refractivity contribution < 1.29 is 9.53 Å². The zero-order chi connectivity index (χ0) is 17.2. The Hall–Kier alpha value is -1.68. The summed E-state index contributed by atoms with van der Waals surface area (Å²) in [5, 5.41) is 2.42. The highest BCUT2D eigenvalue weighted by molar-refractivity contribution is 8.03. The van der Waals surface area contributed by atoms with Crippen LogP contribution in [0.2, 0.25) is 0 Å². The van der Waals surface area contributed by atoms with Crippen molar-refractivity contribution in [2.45, 2.75) is 50.0 Å². The highest BCUT2D eigenvalue weighted by atomic mass is 32.2. The van der Waals surface area contributed by atoms with Crippen LogP contribution in [-0.2, 0) is 4.74 Å². The van der Waals surface area contributed by atoms with E-state index in [4.69, 9.17) is 4.74 Å². The number of hydrogen-bond acceptors (Lipinski definition) is 3. The summed E-state index contributed by atoms with van der Waals surface area (Å²) < 4.78 is 6.03. The first kappa shape index (κ1) is 17.2. The number of hydrogen-bond donors (Lipinski definition) is 0. The molecule has 0 N–H and O–H groups in total. The van der Waals surface area contributed by atoms with Crippen LogP contribution >= 0.6 is 11.8 Å². The smallest absolute Gasteiger partial charge is 0.410 e. The van der Waals surface area contributed by atoms with Crippen LogP contribution in [0.25, 0.3) is 0 Å². The fourth-order valence-electron chi connectivity index (χ4n) is 3.53. The number of ether oxygens (including phenoxy) is 1. The van der Waals surface area contributed by atoms with Gasteiger partial charge in [0.05, 0.1) is 11.3 Å². The average molecular weight is 343 g/mol. The van der Waals surface area contributed by atoms with Crippen LogP contribution in [0, 0.1) is 6.92 Å². The first-order valence-corrected chi connectivity index (χ1v) is 9.47. The number of aryl methyl sites for hydroxylation is 1. The van der Waals surface area contributed by atoms with Gasteiger partial charge in [-0.2, -0.15) is 0 Å². The number of carbonyl (C=O) groups is 1. The summed E-state index contributed by atoms with van der Waals surface area (Å²) >= 11 is 1.77. The molecule has 1 fully saturated rings. The minimum absolute atomic E-state index is 0.0224. The van der Waals surface area contributed by atoms with Crippen molar-refractivity contribution in [2.75, 3.05) is 6.54 Å². The van der Waals surface area contributed by atoms with Gasteiger partial charge in [0.25, 0.3) is 0 Å². The van der Waals surface area contributed by atoms with Gasteiger partial charge in [0.1, 0.15) is 5.60 Å². The third kappa shape index (κ3) is 3.25. The number of amides is 1. The van der Waals surface area contributed by atoms with E-state index >= 15 is 0 Å². The van der Waals surface area contributed by atoms with E-state index in [1.54, 1.807) is 11.8 Å². The van der Waals surface area contributed by atoms with Crippen LogP contribution in [0.1, 0.15) is 43.4 Å². The lowest BCUT2D eigenvalue weighted by atomic mass is 9.87. The predicted octanol–water partition coefficient (Wildman–Crippen LogP) is 5.23. The number of cyclic esters (lactones) is 1. The molecule has 3 nitrogen and oxygen atoms in total. The molecule has 1 amide bonds. The number of benzene rings is 1. The van der Waals surface area contributed by atoms with Gasteiger partial charge in [-0.25, -0.2) is 4.79 Å². The number of allylic oxidation sites excluding steroid dienone is 1. The summed E-state index contributed by atoms with van der Waals surface area (Å²) in [4.78, 5) is 14.6. The van der Waals surface area contributed by atoms with E-state index in [2.05, 4.69) is 56.2 Å². The third-order valence-corrected chi connectivity index (χ3v) is 6.39. The molecule has 3 atom stereocenters. The fourth-order valence-corrected chi connectivity index (χ4v) is 4.68. The van der Waals surface area contributed by atoms with Gasteiger partial charge < -0.3 is 9.64 Å². The van der Waals surface area contributed by atoms with E-state index in [0.717, 1.165) is 24.9 Å². The molecular weight excluding hydrogens is 318 g/mol. The highest BCUT2D eigenvalue weighted by Crippen LogP contribution is 2.43. The maximum absolute atomic E-state index is 12.8. The van der Waals surface area contributed by atoms with Crippen molar-refractivity contribution in [1.29, 1.82) is 0 Å². The largest absolute Gasteiger partial charge is 0.441 e. The maximum Gasteiger partial charge on any atom is 0.410 e. The van der Waals surface area contributed by atoms with Gasteiger partial charge in [0.15, 0.2) is 0 Å². The minimum atomic E-state index is -0.420. The summed E-state index contributed by atoms with van der Waals surface area (Å²) in [5.74, 6) is 0. The molecule has 0 radical (unpaired) electrons. The standard InChI is InChI=1S/C20H25NO2S/c1-4-11-20(18-6-5-14-24-18)12-13-21(19(22)23-20)16(3)17-9-7-15(2)8-10-17/h4-5,7-10,14,16,18H,1,6,11-13H2,2-3H3/t16-,18?,20+/m0/s1. The number of thioether (sulfide) groups is 1. The Morgan fingerprint density at radius 3 is 2.79 bits per heavy atom. The summed E-state index contributed by atoms with van der Waals surface area (Å²) in [6, 6.07) is 8.38. The quantitative estimate of drug-likeness (QED) is 0.685. The topological polar surface area (TPSA) is 29.5 Å². The molecule has 128 valence electrons. The summed E-state index contributed by atoms with van der Waals surface area (Å²) in [5.41, 5.74) is 1.95. The first-order chi connectivity index (χ1) is 11.6. The highest BCUT2D eigenvalue weighted by Gasteiger charge is 2.47. The van der Waals surface area contributed by atoms with Crippen molar-refractivity contribution in [3.8, 4) is 0 Å². The molecule has 0 spiro atoms. The van der Waals surface area contributed by atoms with Gasteiger partial charge in [0.2, 0.25) is 0 Å². The fraction of sp³-hybridized carbons (Fsp3) is 0.450. The van der Waals surface area contributed by atoms with Gasteiger partial charge >= 0.3 is 6.09 Å². The van der Waals surface area contributed by atoms with Gasteiger partial charge in [-0.15, -0.1) is 18.3 Å². The number of rotatable bonds is 5. The van der Waals surface area contributed by atoms with E-state index in [0.29, 0.717) is 11.7 Å². The number of nitrogens with zero attached hydrogens (tertiary/aromatic N) is 1. The van der Waals surface area contributed by atoms with Crippen molar-refractivity contribution in [2.24, 2.45) is 0 Å². The van der Waals surface area contributed by atoms with Gasteiger partial charge in [-0.3, -0.25) is 0 Å². The summed E-state index contributed by atoms with van der Waals surface area (Å²) in [6.45, 7) is 8.73. The van der Waals surface area contributed by atoms with E-state index in [9.17, 15) is 4.79 Å². The lowest BCUT2D eigenvalue weighted by Crippen LogP contribution is -2.54. The average Bonchev–Trinajstić information content (AvgIpc) is 3.10. The van der Waals surface area contributed by atoms with Gasteiger partial charge in [0, 0.05) is 19.4 Å².